The van der Waals surface area contributed by atoms with Gasteiger partial charge >= 0.3 is 0 Å². The van der Waals surface area contributed by atoms with Crippen LogP contribution in [0.1, 0.15) is 56.6 Å². The van der Waals surface area contributed by atoms with Gasteiger partial charge in [-0.2, -0.15) is 0 Å². The largest absolute Gasteiger partial charge is 0.493 e. The lowest BCUT2D eigenvalue weighted by Gasteiger charge is -2.44. The Hall–Kier alpha value is -1.88. The van der Waals surface area contributed by atoms with Gasteiger partial charge in [0, 0.05) is 18.1 Å². The molecule has 5 heteroatoms. The van der Waals surface area contributed by atoms with Crippen molar-refractivity contribution in [1.29, 1.82) is 0 Å². The zero-order valence-corrected chi connectivity index (χ0v) is 16.3. The van der Waals surface area contributed by atoms with Crippen molar-refractivity contribution >= 4 is 11.5 Å². The lowest BCUT2D eigenvalue weighted by Crippen LogP contribution is -2.43. The quantitative estimate of drug-likeness (QED) is 0.884. The van der Waals surface area contributed by atoms with Crippen LogP contribution < -0.4 is 10.5 Å². The zero-order valence-electron chi connectivity index (χ0n) is 16.3. The molecule has 27 heavy (non-hydrogen) atoms. The topological polar surface area (TPSA) is 69.2 Å². The van der Waals surface area contributed by atoms with Gasteiger partial charge in [-0.25, -0.2) is 4.99 Å². The first kappa shape index (κ1) is 17.2. The summed E-state index contributed by atoms with van der Waals surface area (Å²) < 4.78 is 11.7. The van der Waals surface area contributed by atoms with E-state index in [2.05, 4.69) is 18.2 Å². The van der Waals surface area contributed by atoms with Gasteiger partial charge in [0.1, 0.15) is 11.6 Å². The first-order valence-corrected chi connectivity index (χ1v) is 10.3. The fourth-order valence-corrected chi connectivity index (χ4v) is 5.24. The van der Waals surface area contributed by atoms with E-state index >= 15 is 0 Å². The molecule has 144 valence electrons. The first-order valence-electron chi connectivity index (χ1n) is 10.3. The second-order valence-corrected chi connectivity index (χ2v) is 8.83. The third-order valence-electron chi connectivity index (χ3n) is 7.11. The van der Waals surface area contributed by atoms with Gasteiger partial charge in [-0.3, -0.25) is 4.99 Å². The summed E-state index contributed by atoms with van der Waals surface area (Å²) in [7, 11) is 1.82. The second kappa shape index (κ2) is 6.06. The highest BCUT2D eigenvalue weighted by Gasteiger charge is 2.60. The molecule has 4 aliphatic rings. The minimum atomic E-state index is -0.575. The molecule has 1 atom stereocenters. The summed E-state index contributed by atoms with van der Waals surface area (Å²) in [6.45, 7) is 2.80. The van der Waals surface area contributed by atoms with Crippen LogP contribution in [-0.4, -0.2) is 31.4 Å². The van der Waals surface area contributed by atoms with Gasteiger partial charge in [0.25, 0.3) is 0 Å². The van der Waals surface area contributed by atoms with Gasteiger partial charge in [0.15, 0.2) is 5.66 Å². The summed E-state index contributed by atoms with van der Waals surface area (Å²) in [6.07, 6.45) is 8.18. The van der Waals surface area contributed by atoms with E-state index in [4.69, 9.17) is 25.2 Å². The third kappa shape index (κ3) is 2.62. The van der Waals surface area contributed by atoms with E-state index in [-0.39, 0.29) is 5.41 Å². The third-order valence-corrected chi connectivity index (χ3v) is 7.11. The van der Waals surface area contributed by atoms with Gasteiger partial charge in [-0.15, -0.1) is 0 Å². The van der Waals surface area contributed by atoms with E-state index in [0.717, 1.165) is 56.1 Å². The fraction of sp³-hybridized carbons (Fsp3) is 0.636. The molecule has 0 amide bonds. The Kier molecular flexibility index (Phi) is 3.87. The molecule has 2 N–H and O–H groups in total. The number of rotatable bonds is 4. The van der Waals surface area contributed by atoms with Crippen LogP contribution in [0.4, 0.5) is 0 Å². The van der Waals surface area contributed by atoms with Crippen LogP contribution in [-0.2, 0) is 16.8 Å². The maximum absolute atomic E-state index is 6.24. The average molecular weight is 367 g/mol. The number of amidine groups is 1. The molecule has 5 nitrogen and oxygen atoms in total. The summed E-state index contributed by atoms with van der Waals surface area (Å²) in [6, 6.07) is 6.53. The average Bonchev–Trinajstić information content (AvgIpc) is 3.41. The second-order valence-electron chi connectivity index (χ2n) is 8.83. The number of fused-ring (bicyclic) bond motifs is 3. The van der Waals surface area contributed by atoms with Crippen LogP contribution in [0.2, 0.25) is 0 Å². The van der Waals surface area contributed by atoms with E-state index in [9.17, 15) is 0 Å². The molecule has 5 rings (SSSR count). The van der Waals surface area contributed by atoms with Gasteiger partial charge in [-0.05, 0) is 75.5 Å². The molecule has 3 aliphatic carbocycles. The SMILES string of the molecule is CO[C@H]1CC[C@]2(CC1)Cc1ccc(OCC3CC3)cc1[C@]21N=C(C)C(N)=N1. The van der Waals surface area contributed by atoms with Gasteiger partial charge in [0.05, 0.1) is 18.4 Å². The Morgan fingerprint density at radius 3 is 2.56 bits per heavy atom. The molecule has 0 radical (unpaired) electrons. The molecule has 0 unspecified atom stereocenters. The summed E-state index contributed by atoms with van der Waals surface area (Å²) in [5.41, 5.74) is 9.08. The van der Waals surface area contributed by atoms with Gasteiger partial charge in [0.2, 0.25) is 0 Å². The predicted octanol–water partition coefficient (Wildman–Crippen LogP) is 3.59. The number of benzene rings is 1. The number of methoxy groups -OCH3 is 1. The highest BCUT2D eigenvalue weighted by Crippen LogP contribution is 2.62. The van der Waals surface area contributed by atoms with E-state index < -0.39 is 5.66 Å². The Balaban J connectivity index is 1.54. The maximum Gasteiger partial charge on any atom is 0.184 e. The smallest absolute Gasteiger partial charge is 0.184 e. The number of hydrogen-bond acceptors (Lipinski definition) is 5. The van der Waals surface area contributed by atoms with Crippen molar-refractivity contribution in [1.82, 2.24) is 0 Å². The lowest BCUT2D eigenvalue weighted by atomic mass is 9.65. The summed E-state index contributed by atoms with van der Waals surface area (Å²) in [4.78, 5) is 10.1. The normalized spacial score (nSPS) is 34.7. The summed E-state index contributed by atoms with van der Waals surface area (Å²) in [5.74, 6) is 2.26. The van der Waals surface area contributed by atoms with E-state index in [1.54, 1.807) is 0 Å². The van der Waals surface area contributed by atoms with Crippen LogP contribution >= 0.6 is 0 Å². The van der Waals surface area contributed by atoms with Crippen molar-refractivity contribution < 1.29 is 9.47 Å². The Morgan fingerprint density at radius 1 is 1.15 bits per heavy atom. The molecular weight excluding hydrogens is 338 g/mol. The number of hydrogen-bond donors (Lipinski definition) is 1. The minimum absolute atomic E-state index is 0.00184. The monoisotopic (exact) mass is 367 g/mol. The molecule has 0 saturated heterocycles. The number of aliphatic imine (C=N–C) groups is 2. The number of nitrogens with two attached hydrogens (primary N) is 1. The molecular formula is C22H29N3O2. The van der Waals surface area contributed by atoms with E-state index in [0.29, 0.717) is 11.9 Å². The number of nitrogens with zero attached hydrogens (tertiary/aromatic N) is 2. The van der Waals surface area contributed by atoms with Crippen molar-refractivity contribution in [2.45, 2.75) is 63.6 Å². The zero-order chi connectivity index (χ0) is 18.6. The van der Waals surface area contributed by atoms with Crippen LogP contribution in [0.5, 0.6) is 5.75 Å². The maximum atomic E-state index is 6.24. The molecule has 2 saturated carbocycles. The Bertz CT molecular complexity index is 799. The molecule has 1 aromatic rings. The standard InChI is InChI=1S/C22H29N3O2/c1-14-20(23)25-22(24-14)19-11-18(27-13-15-3-4-15)6-5-16(19)12-21(22)9-7-17(26-2)8-10-21/h5-6,11,15,17H,3-4,7-10,12-13H2,1-2H3,(H2,23,25)/t17-,21-,22-/m1/s1. The summed E-state index contributed by atoms with van der Waals surface area (Å²) >= 11 is 0. The van der Waals surface area contributed by atoms with Crippen molar-refractivity contribution in [3.8, 4) is 5.75 Å². The first-order chi connectivity index (χ1) is 13.1. The fourth-order valence-electron chi connectivity index (χ4n) is 5.24. The van der Waals surface area contributed by atoms with Crippen LogP contribution in [0.25, 0.3) is 0 Å². The van der Waals surface area contributed by atoms with Crippen LogP contribution in [0, 0.1) is 11.3 Å². The van der Waals surface area contributed by atoms with Crippen LogP contribution in [0.15, 0.2) is 28.2 Å². The van der Waals surface area contributed by atoms with Crippen molar-refractivity contribution in [3.63, 3.8) is 0 Å². The predicted molar refractivity (Wildman–Crippen MR) is 106 cm³/mol. The van der Waals surface area contributed by atoms with Gasteiger partial charge < -0.3 is 15.2 Å². The molecule has 1 aliphatic heterocycles. The van der Waals surface area contributed by atoms with Crippen molar-refractivity contribution in [3.05, 3.63) is 29.3 Å². The number of ether oxygens (including phenoxy) is 2. The Labute approximate surface area is 161 Å². The molecule has 0 aromatic heterocycles. The van der Waals surface area contributed by atoms with Crippen molar-refractivity contribution in [2.24, 2.45) is 27.1 Å². The van der Waals surface area contributed by atoms with Crippen molar-refractivity contribution in [2.75, 3.05) is 13.7 Å². The van der Waals surface area contributed by atoms with Gasteiger partial charge in [-0.1, -0.05) is 6.07 Å². The molecule has 2 spiro atoms. The van der Waals surface area contributed by atoms with Crippen LogP contribution in [0.3, 0.4) is 0 Å². The minimum Gasteiger partial charge on any atom is -0.493 e. The molecule has 2 fully saturated rings. The van der Waals surface area contributed by atoms with E-state index in [1.807, 2.05) is 14.0 Å². The lowest BCUT2D eigenvalue weighted by molar-refractivity contribution is -0.000401. The molecule has 0 bridgehead atoms. The Morgan fingerprint density at radius 2 is 1.93 bits per heavy atom. The van der Waals surface area contributed by atoms with E-state index in [1.165, 1.54) is 24.0 Å². The highest BCUT2D eigenvalue weighted by molar-refractivity contribution is 6.41. The highest BCUT2D eigenvalue weighted by atomic mass is 16.5. The summed E-state index contributed by atoms with van der Waals surface area (Å²) in [5, 5.41) is 0. The molecule has 1 heterocycles. The molecule has 1 aromatic carbocycles.